The summed E-state index contributed by atoms with van der Waals surface area (Å²) in [6, 6.07) is 0. The summed E-state index contributed by atoms with van der Waals surface area (Å²) in [5.41, 5.74) is 5.02. The van der Waals surface area contributed by atoms with Gasteiger partial charge in [-0.15, -0.1) is 0 Å². The number of nitrogens with one attached hydrogen (secondary N) is 1. The van der Waals surface area contributed by atoms with E-state index in [-0.39, 0.29) is 45.4 Å². The Morgan fingerprint density at radius 1 is 1.03 bits per heavy atom. The fourth-order valence-electron chi connectivity index (χ4n) is 2.12. The molecule has 14 heteroatoms. The van der Waals surface area contributed by atoms with E-state index in [0.29, 0.717) is 6.42 Å². The Morgan fingerprint density at radius 2 is 1.63 bits per heavy atom. The van der Waals surface area contributed by atoms with Crippen LogP contribution in [-0.4, -0.2) is 82.0 Å². The van der Waals surface area contributed by atoms with Crippen LogP contribution in [0.3, 0.4) is 0 Å². The quantitative estimate of drug-likeness (QED) is 0.162. The van der Waals surface area contributed by atoms with E-state index in [2.05, 4.69) is 44.4 Å². The molecule has 12 nitrogen and oxygen atoms in total. The number of carbonyl (C=O) groups is 1. The normalized spacial score (nSPS) is 15.5. The second-order valence-corrected chi connectivity index (χ2v) is 9.55. The molecule has 0 aromatic heterocycles. The highest BCUT2D eigenvalue weighted by Gasteiger charge is 2.18. The number of amides is 1. The van der Waals surface area contributed by atoms with Gasteiger partial charge >= 0.3 is 7.82 Å². The van der Waals surface area contributed by atoms with E-state index in [1.54, 1.807) is 13.8 Å². The molecule has 182 valence electrons. The molecule has 30 heavy (non-hydrogen) atoms. The molecule has 0 fully saturated rings. The number of hydrogen-bond acceptors (Lipinski definition) is 9. The summed E-state index contributed by atoms with van der Waals surface area (Å²) in [7, 11) is -3.84. The Morgan fingerprint density at radius 3 is 2.13 bits per heavy atom. The lowest BCUT2D eigenvalue weighted by molar-refractivity contribution is -0.889. The SMILES string of the molecule is CCC[N+](C)(C)CCC(=O)NCCOP(=O)([O-])OCC.CCOP(=O)(O)OCCN. The summed E-state index contributed by atoms with van der Waals surface area (Å²) in [6.07, 6.45) is 1.48. The third kappa shape index (κ3) is 20.9. The molecule has 0 bridgehead atoms. The molecule has 0 rings (SSSR count). The van der Waals surface area contributed by atoms with Crippen molar-refractivity contribution >= 4 is 21.6 Å². The maximum atomic E-state index is 11.6. The van der Waals surface area contributed by atoms with Crippen molar-refractivity contribution in [1.29, 1.82) is 0 Å². The molecule has 0 saturated heterocycles. The Bertz CT molecular complexity index is 550. The van der Waals surface area contributed by atoms with Gasteiger partial charge in [0.1, 0.15) is 0 Å². The Hall–Kier alpha value is -0.390. The fraction of sp³-hybridized carbons (Fsp3) is 0.938. The van der Waals surface area contributed by atoms with Crippen LogP contribution in [-0.2, 0) is 32.0 Å². The summed E-state index contributed by atoms with van der Waals surface area (Å²) < 4.78 is 40.2. The van der Waals surface area contributed by atoms with E-state index in [0.717, 1.165) is 24.0 Å². The van der Waals surface area contributed by atoms with Crippen molar-refractivity contribution in [2.45, 2.75) is 33.6 Å². The number of phosphoric acid groups is 2. The Balaban J connectivity index is 0. The van der Waals surface area contributed by atoms with Crippen molar-refractivity contribution in [3.8, 4) is 0 Å². The first-order valence-corrected chi connectivity index (χ1v) is 12.8. The largest absolute Gasteiger partial charge is 0.756 e. The lowest BCUT2D eigenvalue weighted by Gasteiger charge is -2.29. The molecule has 4 N–H and O–H groups in total. The van der Waals surface area contributed by atoms with Gasteiger partial charge in [0.05, 0.1) is 60.0 Å². The van der Waals surface area contributed by atoms with Crippen LogP contribution < -0.4 is 15.9 Å². The molecule has 0 aromatic carbocycles. The molecule has 0 aromatic rings. The van der Waals surface area contributed by atoms with Crippen molar-refractivity contribution < 1.29 is 46.3 Å². The predicted molar refractivity (Wildman–Crippen MR) is 111 cm³/mol. The number of phosphoric ester groups is 2. The summed E-state index contributed by atoms with van der Waals surface area (Å²) in [5.74, 6) is -0.104. The number of nitrogens with two attached hydrogens (primary N) is 1. The molecule has 0 saturated carbocycles. The first-order chi connectivity index (χ1) is 13.8. The molecular weight excluding hydrogens is 440 g/mol. The topological polar surface area (TPSA) is 169 Å². The third-order valence-electron chi connectivity index (χ3n) is 3.40. The molecule has 0 spiro atoms. The van der Waals surface area contributed by atoms with Gasteiger partial charge < -0.3 is 34.4 Å². The van der Waals surface area contributed by atoms with Crippen LogP contribution in [0.1, 0.15) is 33.6 Å². The fourth-order valence-corrected chi connectivity index (χ4v) is 3.56. The van der Waals surface area contributed by atoms with Crippen molar-refractivity contribution in [2.24, 2.45) is 5.73 Å². The van der Waals surface area contributed by atoms with E-state index >= 15 is 0 Å². The lowest BCUT2D eigenvalue weighted by Crippen LogP contribution is -2.43. The van der Waals surface area contributed by atoms with Crippen LogP contribution in [0.4, 0.5) is 0 Å². The zero-order valence-electron chi connectivity index (χ0n) is 18.7. The first kappa shape index (κ1) is 31.8. The van der Waals surface area contributed by atoms with Crippen molar-refractivity contribution in [2.75, 3.05) is 66.7 Å². The molecule has 2 unspecified atom stereocenters. The second-order valence-electron chi connectivity index (χ2n) is 6.69. The van der Waals surface area contributed by atoms with Crippen LogP contribution in [0.2, 0.25) is 0 Å². The molecule has 2 atom stereocenters. The third-order valence-corrected chi connectivity index (χ3v) is 5.57. The zero-order chi connectivity index (χ0) is 23.7. The maximum absolute atomic E-state index is 11.6. The average molecular weight is 479 g/mol. The van der Waals surface area contributed by atoms with E-state index in [4.69, 9.17) is 10.6 Å². The summed E-state index contributed by atoms with van der Waals surface area (Å²) in [6.45, 7) is 7.52. The molecular formula is C16H39N3O9P2. The van der Waals surface area contributed by atoms with Gasteiger partial charge in [-0.2, -0.15) is 0 Å². The van der Waals surface area contributed by atoms with Crippen molar-refractivity contribution in [3.63, 3.8) is 0 Å². The number of carbonyl (C=O) groups excluding carboxylic acids is 1. The molecule has 0 radical (unpaired) electrons. The van der Waals surface area contributed by atoms with E-state index in [9.17, 15) is 18.8 Å². The highest BCUT2D eigenvalue weighted by Crippen LogP contribution is 2.42. The summed E-state index contributed by atoms with van der Waals surface area (Å²) in [5, 5.41) is 2.62. The van der Waals surface area contributed by atoms with Gasteiger partial charge in [0.15, 0.2) is 0 Å². The second kappa shape index (κ2) is 17.2. The average Bonchev–Trinajstić information content (AvgIpc) is 2.62. The molecule has 0 aliphatic heterocycles. The molecule has 0 aliphatic rings. The van der Waals surface area contributed by atoms with Gasteiger partial charge in [-0.3, -0.25) is 18.4 Å². The molecule has 1 amide bonds. The number of hydrogen-bond donors (Lipinski definition) is 3. The minimum absolute atomic E-state index is 0.0355. The number of nitrogens with zero attached hydrogens (tertiary/aromatic N) is 1. The van der Waals surface area contributed by atoms with E-state index in [1.807, 2.05) is 0 Å². The highest BCUT2D eigenvalue weighted by molar-refractivity contribution is 7.47. The minimum Gasteiger partial charge on any atom is -0.756 e. The van der Waals surface area contributed by atoms with Gasteiger partial charge in [-0.25, -0.2) is 4.57 Å². The van der Waals surface area contributed by atoms with Crippen LogP contribution in [0, 0.1) is 0 Å². The van der Waals surface area contributed by atoms with Crippen LogP contribution in [0.15, 0.2) is 0 Å². The Labute approximate surface area is 179 Å². The smallest absolute Gasteiger partial charge is 0.472 e. The Kier molecular flexibility index (Phi) is 18.2. The van der Waals surface area contributed by atoms with E-state index in [1.165, 1.54) is 0 Å². The van der Waals surface area contributed by atoms with Gasteiger partial charge in [0.2, 0.25) is 5.91 Å². The van der Waals surface area contributed by atoms with Crippen LogP contribution in [0.25, 0.3) is 0 Å². The monoisotopic (exact) mass is 479 g/mol. The van der Waals surface area contributed by atoms with Gasteiger partial charge in [-0.1, -0.05) is 6.92 Å². The number of quaternary nitrogens is 1. The number of rotatable bonds is 16. The molecule has 0 heterocycles. The maximum Gasteiger partial charge on any atom is 0.472 e. The zero-order valence-corrected chi connectivity index (χ0v) is 20.5. The molecule has 0 aliphatic carbocycles. The summed E-state index contributed by atoms with van der Waals surface area (Å²) in [4.78, 5) is 31.4. The lowest BCUT2D eigenvalue weighted by atomic mass is 10.3. The predicted octanol–water partition coefficient (Wildman–Crippen LogP) is 0.599. The van der Waals surface area contributed by atoms with Gasteiger partial charge in [-0.05, 0) is 20.3 Å². The van der Waals surface area contributed by atoms with Gasteiger partial charge in [0, 0.05) is 13.1 Å². The van der Waals surface area contributed by atoms with Gasteiger partial charge in [0.25, 0.3) is 7.82 Å². The summed E-state index contributed by atoms with van der Waals surface area (Å²) >= 11 is 0. The standard InChI is InChI=1S/C12H27N2O5P.C4H12NO4P/c1-5-9-14(3,4)10-7-12(15)13-8-11-19-20(16,17)18-6-2;1-2-8-10(6,7)9-4-3-5/h5-11H2,1-4H3,(H-,13,15,16,17);2-5H2,1H3,(H,6,7). The van der Waals surface area contributed by atoms with E-state index < -0.39 is 15.6 Å². The van der Waals surface area contributed by atoms with Crippen LogP contribution in [0.5, 0.6) is 0 Å². The van der Waals surface area contributed by atoms with Crippen molar-refractivity contribution in [3.05, 3.63) is 0 Å². The van der Waals surface area contributed by atoms with Crippen LogP contribution >= 0.6 is 15.6 Å². The first-order valence-electron chi connectivity index (χ1n) is 9.85. The van der Waals surface area contributed by atoms with Crippen molar-refractivity contribution in [1.82, 2.24) is 5.32 Å². The minimum atomic E-state index is -4.21. The highest BCUT2D eigenvalue weighted by atomic mass is 31.2.